The minimum Gasteiger partial charge on any atom is -0.405 e. The number of aromatic nitrogens is 2. The first kappa shape index (κ1) is 13.9. The zero-order valence-electron chi connectivity index (χ0n) is 9.40. The predicted molar refractivity (Wildman–Crippen MR) is 59.0 cm³/mol. The minimum atomic E-state index is -4.59. The van der Waals surface area contributed by atoms with Gasteiger partial charge < -0.3 is 5.73 Å². The highest BCUT2D eigenvalue weighted by atomic mass is 19.4. The van der Waals surface area contributed by atoms with Crippen LogP contribution in [0, 0.1) is 0 Å². The molecule has 0 amide bonds. The molecular formula is C11H10F3N3O. The van der Waals surface area contributed by atoms with Gasteiger partial charge in [0.1, 0.15) is 0 Å². The summed E-state index contributed by atoms with van der Waals surface area (Å²) in [6.45, 7) is 1.31. The van der Waals surface area contributed by atoms with E-state index in [9.17, 15) is 18.0 Å². The highest BCUT2D eigenvalue weighted by Crippen LogP contribution is 2.26. The van der Waals surface area contributed by atoms with Gasteiger partial charge in [0, 0.05) is 18.0 Å². The molecule has 0 aliphatic heterocycles. The van der Waals surface area contributed by atoms with Crippen molar-refractivity contribution in [3.8, 4) is 0 Å². The number of ketones is 1. The number of allylic oxidation sites excluding steroid dienone is 3. The maximum Gasteiger partial charge on any atom is 0.451 e. The number of hydrogen-bond donors (Lipinski definition) is 1. The van der Waals surface area contributed by atoms with Crippen molar-refractivity contribution in [2.45, 2.75) is 13.1 Å². The van der Waals surface area contributed by atoms with E-state index in [0.29, 0.717) is 5.57 Å². The van der Waals surface area contributed by atoms with E-state index in [0.717, 1.165) is 12.4 Å². The minimum absolute atomic E-state index is 0.261. The monoisotopic (exact) mass is 257 g/mol. The standard InChI is InChI=1S/C11H10F3N3O/c1-7(18)4-8(2-3-15)9-5-16-10(17-6-9)11(12,13)14/h2-6H,15H2,1H3/b3-2-,8-4+. The van der Waals surface area contributed by atoms with E-state index in [2.05, 4.69) is 9.97 Å². The topological polar surface area (TPSA) is 68.9 Å². The van der Waals surface area contributed by atoms with Crippen LogP contribution in [0.25, 0.3) is 5.57 Å². The van der Waals surface area contributed by atoms with E-state index in [4.69, 9.17) is 5.73 Å². The number of carbonyl (C=O) groups is 1. The second-order valence-electron chi connectivity index (χ2n) is 3.36. The molecule has 1 aromatic heterocycles. The summed E-state index contributed by atoms with van der Waals surface area (Å²) in [4.78, 5) is 17.4. The van der Waals surface area contributed by atoms with Gasteiger partial charge in [0.15, 0.2) is 5.78 Å². The summed E-state index contributed by atoms with van der Waals surface area (Å²) in [5, 5.41) is 0. The van der Waals surface area contributed by atoms with Crippen molar-refractivity contribution in [3.63, 3.8) is 0 Å². The second kappa shape index (κ2) is 5.44. The lowest BCUT2D eigenvalue weighted by molar-refractivity contribution is -0.145. The summed E-state index contributed by atoms with van der Waals surface area (Å²) in [7, 11) is 0. The Labute approximate surface area is 101 Å². The summed E-state index contributed by atoms with van der Waals surface area (Å²) < 4.78 is 36.8. The van der Waals surface area contributed by atoms with E-state index in [1.807, 2.05) is 0 Å². The Morgan fingerprint density at radius 2 is 1.89 bits per heavy atom. The molecule has 0 atom stereocenters. The third-order valence-corrected chi connectivity index (χ3v) is 1.87. The van der Waals surface area contributed by atoms with Crippen molar-refractivity contribution in [2.24, 2.45) is 5.73 Å². The van der Waals surface area contributed by atoms with Gasteiger partial charge in [-0.3, -0.25) is 4.79 Å². The highest BCUT2D eigenvalue weighted by molar-refractivity contribution is 5.97. The molecule has 0 radical (unpaired) electrons. The van der Waals surface area contributed by atoms with Gasteiger partial charge >= 0.3 is 6.18 Å². The largest absolute Gasteiger partial charge is 0.451 e. The highest BCUT2D eigenvalue weighted by Gasteiger charge is 2.34. The van der Waals surface area contributed by atoms with Crippen molar-refractivity contribution in [3.05, 3.63) is 42.1 Å². The third kappa shape index (κ3) is 3.69. The zero-order chi connectivity index (χ0) is 13.8. The van der Waals surface area contributed by atoms with Crippen LogP contribution in [0.5, 0.6) is 0 Å². The summed E-state index contributed by atoms with van der Waals surface area (Å²) in [5.41, 5.74) is 5.81. The van der Waals surface area contributed by atoms with Gasteiger partial charge in [0.05, 0.1) is 0 Å². The summed E-state index contributed by atoms with van der Waals surface area (Å²) in [5.74, 6) is -1.49. The number of nitrogens with two attached hydrogens (primary N) is 1. The molecule has 4 nitrogen and oxygen atoms in total. The average molecular weight is 257 g/mol. The smallest absolute Gasteiger partial charge is 0.405 e. The van der Waals surface area contributed by atoms with Crippen LogP contribution in [0.4, 0.5) is 13.2 Å². The Kier molecular flexibility index (Phi) is 4.19. The maximum atomic E-state index is 12.3. The van der Waals surface area contributed by atoms with E-state index >= 15 is 0 Å². The lowest BCUT2D eigenvalue weighted by atomic mass is 10.1. The van der Waals surface area contributed by atoms with E-state index < -0.39 is 12.0 Å². The van der Waals surface area contributed by atoms with Crippen LogP contribution >= 0.6 is 0 Å². The number of hydrogen-bond acceptors (Lipinski definition) is 4. The molecule has 0 aliphatic carbocycles. The van der Waals surface area contributed by atoms with Crippen LogP contribution in [-0.4, -0.2) is 15.8 Å². The zero-order valence-corrected chi connectivity index (χ0v) is 9.40. The molecule has 1 aromatic rings. The molecule has 96 valence electrons. The van der Waals surface area contributed by atoms with Gasteiger partial charge in [-0.1, -0.05) is 0 Å². The SMILES string of the molecule is CC(=O)/C=C(\C=C/N)c1cnc(C(F)(F)F)nc1. The Hall–Kier alpha value is -2.18. The molecule has 0 aromatic carbocycles. The van der Waals surface area contributed by atoms with Crippen LogP contribution in [-0.2, 0) is 11.0 Å². The molecule has 0 spiro atoms. The van der Waals surface area contributed by atoms with E-state index in [1.54, 1.807) is 0 Å². The van der Waals surface area contributed by atoms with Gasteiger partial charge in [-0.2, -0.15) is 13.2 Å². The normalized spacial score (nSPS) is 13.0. The maximum absolute atomic E-state index is 12.3. The number of halogens is 3. The van der Waals surface area contributed by atoms with Crippen LogP contribution in [0.2, 0.25) is 0 Å². The Bertz CT molecular complexity index is 489. The number of nitrogens with zero attached hydrogens (tertiary/aromatic N) is 2. The van der Waals surface area contributed by atoms with E-state index in [-0.39, 0.29) is 11.3 Å². The molecule has 0 fully saturated rings. The molecule has 1 heterocycles. The predicted octanol–water partition coefficient (Wildman–Crippen LogP) is 1.94. The van der Waals surface area contributed by atoms with Crippen molar-refractivity contribution >= 4 is 11.4 Å². The van der Waals surface area contributed by atoms with Gasteiger partial charge in [-0.05, 0) is 30.8 Å². The van der Waals surface area contributed by atoms with Crippen molar-refractivity contribution in [1.29, 1.82) is 0 Å². The first-order chi connectivity index (χ1) is 8.34. The summed E-state index contributed by atoms with van der Waals surface area (Å²) in [6.07, 6.45) is 1.18. The molecule has 0 saturated heterocycles. The summed E-state index contributed by atoms with van der Waals surface area (Å²) >= 11 is 0. The molecule has 18 heavy (non-hydrogen) atoms. The van der Waals surface area contributed by atoms with Crippen LogP contribution in [0.1, 0.15) is 18.3 Å². The van der Waals surface area contributed by atoms with Gasteiger partial charge in [-0.25, -0.2) is 9.97 Å². The molecule has 0 saturated carbocycles. The van der Waals surface area contributed by atoms with E-state index in [1.165, 1.54) is 25.3 Å². The molecule has 2 N–H and O–H groups in total. The first-order valence-electron chi connectivity index (χ1n) is 4.84. The number of carbonyl (C=O) groups excluding carboxylic acids is 1. The molecule has 0 bridgehead atoms. The fourth-order valence-electron chi connectivity index (χ4n) is 1.17. The lowest BCUT2D eigenvalue weighted by Gasteiger charge is -2.05. The average Bonchev–Trinajstić information content (AvgIpc) is 2.27. The summed E-state index contributed by atoms with van der Waals surface area (Å²) in [6, 6.07) is 0. The molecular weight excluding hydrogens is 247 g/mol. The Morgan fingerprint density at radius 1 is 1.33 bits per heavy atom. The molecule has 0 aliphatic rings. The second-order valence-corrected chi connectivity index (χ2v) is 3.36. The van der Waals surface area contributed by atoms with Gasteiger partial charge in [-0.15, -0.1) is 0 Å². The van der Waals surface area contributed by atoms with Gasteiger partial charge in [0.2, 0.25) is 5.82 Å². The first-order valence-corrected chi connectivity index (χ1v) is 4.84. The van der Waals surface area contributed by atoms with Crippen LogP contribution in [0.15, 0.2) is 30.7 Å². The molecule has 7 heteroatoms. The van der Waals surface area contributed by atoms with Crippen LogP contribution < -0.4 is 5.73 Å². The fourth-order valence-corrected chi connectivity index (χ4v) is 1.17. The quantitative estimate of drug-likeness (QED) is 0.663. The van der Waals surface area contributed by atoms with Crippen molar-refractivity contribution in [1.82, 2.24) is 9.97 Å². The third-order valence-electron chi connectivity index (χ3n) is 1.87. The number of alkyl halides is 3. The molecule has 0 unspecified atom stereocenters. The molecule has 1 rings (SSSR count). The van der Waals surface area contributed by atoms with Crippen LogP contribution in [0.3, 0.4) is 0 Å². The Balaban J connectivity index is 3.13. The fraction of sp³-hybridized carbons (Fsp3) is 0.182. The van der Waals surface area contributed by atoms with Gasteiger partial charge in [0.25, 0.3) is 0 Å². The lowest BCUT2D eigenvalue weighted by Crippen LogP contribution is -2.10. The van der Waals surface area contributed by atoms with Crippen molar-refractivity contribution < 1.29 is 18.0 Å². The Morgan fingerprint density at radius 3 is 2.28 bits per heavy atom. The van der Waals surface area contributed by atoms with Crippen molar-refractivity contribution in [2.75, 3.05) is 0 Å². The number of rotatable bonds is 3.